The first kappa shape index (κ1) is 14.9. The summed E-state index contributed by atoms with van der Waals surface area (Å²) in [5.41, 5.74) is 6.02. The molecule has 1 aliphatic carbocycles. The number of methoxy groups -OCH3 is 1. The minimum absolute atomic E-state index is 0.573. The average molecular weight is 242 g/mol. The molecule has 2 N–H and O–H groups in total. The number of hydrogen-bond donors (Lipinski definition) is 1. The Balaban J connectivity index is 2.63. The van der Waals surface area contributed by atoms with Gasteiger partial charge in [-0.3, -0.25) is 4.90 Å². The normalized spacial score (nSPS) is 18.7. The van der Waals surface area contributed by atoms with Crippen molar-refractivity contribution in [3.63, 3.8) is 0 Å². The molecule has 1 fully saturated rings. The van der Waals surface area contributed by atoms with Gasteiger partial charge >= 0.3 is 0 Å². The predicted octanol–water partition coefficient (Wildman–Crippen LogP) is 2.25. The van der Waals surface area contributed by atoms with E-state index in [-0.39, 0.29) is 0 Å². The molecular formula is C14H30N2O. The lowest BCUT2D eigenvalue weighted by Crippen LogP contribution is -2.53. The van der Waals surface area contributed by atoms with Gasteiger partial charge in [0.15, 0.2) is 0 Å². The highest BCUT2D eigenvalue weighted by Gasteiger charge is 2.33. The van der Waals surface area contributed by atoms with Gasteiger partial charge < -0.3 is 10.5 Å². The van der Waals surface area contributed by atoms with E-state index in [1.165, 1.54) is 32.1 Å². The summed E-state index contributed by atoms with van der Waals surface area (Å²) in [5, 5.41) is 0. The van der Waals surface area contributed by atoms with Crippen LogP contribution in [0.25, 0.3) is 0 Å². The quantitative estimate of drug-likeness (QED) is 0.674. The van der Waals surface area contributed by atoms with Crippen LogP contribution in [-0.4, -0.2) is 43.8 Å². The van der Waals surface area contributed by atoms with Crippen molar-refractivity contribution in [1.29, 1.82) is 0 Å². The zero-order valence-corrected chi connectivity index (χ0v) is 11.8. The van der Waals surface area contributed by atoms with E-state index in [2.05, 4.69) is 18.7 Å². The molecule has 3 nitrogen and oxygen atoms in total. The van der Waals surface area contributed by atoms with Crippen molar-refractivity contribution in [3.8, 4) is 0 Å². The van der Waals surface area contributed by atoms with Crippen LogP contribution in [0.4, 0.5) is 0 Å². The van der Waals surface area contributed by atoms with Gasteiger partial charge in [0, 0.05) is 32.3 Å². The Morgan fingerprint density at radius 2 is 1.94 bits per heavy atom. The molecule has 0 saturated heterocycles. The molecular weight excluding hydrogens is 212 g/mol. The molecule has 1 atom stereocenters. The van der Waals surface area contributed by atoms with Crippen LogP contribution in [0.3, 0.4) is 0 Å². The second-order valence-electron chi connectivity index (χ2n) is 5.19. The molecule has 17 heavy (non-hydrogen) atoms. The van der Waals surface area contributed by atoms with Crippen LogP contribution < -0.4 is 5.73 Å². The Kier molecular flexibility index (Phi) is 7.09. The van der Waals surface area contributed by atoms with Crippen molar-refractivity contribution >= 4 is 0 Å². The monoisotopic (exact) mass is 242 g/mol. The predicted molar refractivity (Wildman–Crippen MR) is 73.1 cm³/mol. The van der Waals surface area contributed by atoms with Crippen LogP contribution in [0, 0.1) is 5.92 Å². The molecule has 3 heteroatoms. The first-order chi connectivity index (χ1) is 8.28. The van der Waals surface area contributed by atoms with Crippen molar-refractivity contribution in [2.75, 3.05) is 26.8 Å². The van der Waals surface area contributed by atoms with E-state index in [4.69, 9.17) is 10.5 Å². The highest BCUT2D eigenvalue weighted by molar-refractivity contribution is 4.88. The van der Waals surface area contributed by atoms with Crippen molar-refractivity contribution in [3.05, 3.63) is 0 Å². The van der Waals surface area contributed by atoms with Crippen LogP contribution in [0.1, 0.15) is 46.0 Å². The molecule has 1 aliphatic rings. The standard InChI is InChI=1S/C14H30N2O/c1-4-13(5-2)16(9-10-17-3)14(11-15)12-7-6-8-12/h12-14H,4-11,15H2,1-3H3. The maximum atomic E-state index is 6.02. The Morgan fingerprint density at radius 3 is 2.29 bits per heavy atom. The van der Waals surface area contributed by atoms with Gasteiger partial charge in [0.2, 0.25) is 0 Å². The molecule has 102 valence electrons. The zero-order valence-electron chi connectivity index (χ0n) is 11.8. The number of rotatable bonds is 9. The molecule has 0 radical (unpaired) electrons. The number of hydrogen-bond acceptors (Lipinski definition) is 3. The van der Waals surface area contributed by atoms with Crippen LogP contribution in [-0.2, 0) is 4.74 Å². The Bertz CT molecular complexity index is 191. The fourth-order valence-corrected chi connectivity index (χ4v) is 3.00. The van der Waals surface area contributed by atoms with E-state index >= 15 is 0 Å². The fourth-order valence-electron chi connectivity index (χ4n) is 3.00. The summed E-state index contributed by atoms with van der Waals surface area (Å²) in [6.07, 6.45) is 6.55. The minimum atomic E-state index is 0.573. The van der Waals surface area contributed by atoms with E-state index in [0.29, 0.717) is 12.1 Å². The number of nitrogens with zero attached hydrogens (tertiary/aromatic N) is 1. The fraction of sp³-hybridized carbons (Fsp3) is 1.00. The molecule has 0 aliphatic heterocycles. The van der Waals surface area contributed by atoms with Crippen LogP contribution in [0.2, 0.25) is 0 Å². The van der Waals surface area contributed by atoms with E-state index in [0.717, 1.165) is 25.6 Å². The summed E-state index contributed by atoms with van der Waals surface area (Å²) in [6, 6.07) is 1.24. The summed E-state index contributed by atoms with van der Waals surface area (Å²) >= 11 is 0. The van der Waals surface area contributed by atoms with Crippen molar-refractivity contribution in [2.45, 2.75) is 58.0 Å². The summed E-state index contributed by atoms with van der Waals surface area (Å²) in [7, 11) is 1.78. The van der Waals surface area contributed by atoms with Crippen LogP contribution in [0.15, 0.2) is 0 Å². The highest BCUT2D eigenvalue weighted by Crippen LogP contribution is 2.33. The third-order valence-corrected chi connectivity index (χ3v) is 4.33. The number of nitrogens with two attached hydrogens (primary N) is 1. The molecule has 0 spiro atoms. The molecule has 1 unspecified atom stereocenters. The van der Waals surface area contributed by atoms with Gasteiger partial charge in [-0.15, -0.1) is 0 Å². The third-order valence-electron chi connectivity index (χ3n) is 4.33. The Hall–Kier alpha value is -0.120. The average Bonchev–Trinajstić information content (AvgIpc) is 2.29. The van der Waals surface area contributed by atoms with Gasteiger partial charge in [0.25, 0.3) is 0 Å². The van der Waals surface area contributed by atoms with Gasteiger partial charge in [-0.2, -0.15) is 0 Å². The van der Waals surface area contributed by atoms with Gasteiger partial charge in [0.05, 0.1) is 6.61 Å². The lowest BCUT2D eigenvalue weighted by atomic mass is 9.78. The smallest absolute Gasteiger partial charge is 0.0589 e. The van der Waals surface area contributed by atoms with Crippen molar-refractivity contribution in [1.82, 2.24) is 4.90 Å². The maximum absolute atomic E-state index is 6.02. The summed E-state index contributed by atoms with van der Waals surface area (Å²) < 4.78 is 5.26. The first-order valence-electron chi connectivity index (χ1n) is 7.23. The zero-order chi connectivity index (χ0) is 12.7. The molecule has 0 aromatic carbocycles. The second-order valence-corrected chi connectivity index (χ2v) is 5.19. The summed E-state index contributed by atoms with van der Waals surface area (Å²) in [6.45, 7) is 7.20. The molecule has 0 heterocycles. The molecule has 1 rings (SSSR count). The van der Waals surface area contributed by atoms with Crippen molar-refractivity contribution in [2.24, 2.45) is 11.7 Å². The lowest BCUT2D eigenvalue weighted by molar-refractivity contribution is 0.0356. The van der Waals surface area contributed by atoms with Crippen LogP contribution >= 0.6 is 0 Å². The molecule has 0 bridgehead atoms. The van der Waals surface area contributed by atoms with Gasteiger partial charge in [0.1, 0.15) is 0 Å². The Morgan fingerprint density at radius 1 is 1.29 bits per heavy atom. The SMILES string of the molecule is CCC(CC)N(CCOC)C(CN)C1CCC1. The second kappa shape index (κ2) is 8.06. The molecule has 0 aromatic heterocycles. The van der Waals surface area contributed by atoms with Gasteiger partial charge in [-0.05, 0) is 31.6 Å². The number of ether oxygens (including phenoxy) is 1. The van der Waals surface area contributed by atoms with Gasteiger partial charge in [-0.1, -0.05) is 20.3 Å². The molecule has 1 saturated carbocycles. The lowest BCUT2D eigenvalue weighted by Gasteiger charge is -2.44. The largest absolute Gasteiger partial charge is 0.383 e. The van der Waals surface area contributed by atoms with E-state index < -0.39 is 0 Å². The Labute approximate surface area is 107 Å². The van der Waals surface area contributed by atoms with Crippen molar-refractivity contribution < 1.29 is 4.74 Å². The van der Waals surface area contributed by atoms with E-state index in [1.54, 1.807) is 7.11 Å². The maximum Gasteiger partial charge on any atom is 0.0589 e. The summed E-state index contributed by atoms with van der Waals surface area (Å²) in [5.74, 6) is 0.831. The van der Waals surface area contributed by atoms with E-state index in [1.807, 2.05) is 0 Å². The summed E-state index contributed by atoms with van der Waals surface area (Å²) in [4.78, 5) is 2.62. The molecule has 0 amide bonds. The highest BCUT2D eigenvalue weighted by atomic mass is 16.5. The van der Waals surface area contributed by atoms with Crippen LogP contribution in [0.5, 0.6) is 0 Å². The first-order valence-corrected chi connectivity index (χ1v) is 7.23. The third kappa shape index (κ3) is 3.94. The topological polar surface area (TPSA) is 38.5 Å². The molecule has 0 aromatic rings. The minimum Gasteiger partial charge on any atom is -0.383 e. The van der Waals surface area contributed by atoms with Gasteiger partial charge in [-0.25, -0.2) is 0 Å². The van der Waals surface area contributed by atoms with E-state index in [9.17, 15) is 0 Å².